The molecule has 1 fully saturated rings. The highest BCUT2D eigenvalue weighted by Crippen LogP contribution is 2.15. The number of amides is 2. The highest BCUT2D eigenvalue weighted by Gasteiger charge is 2.37. The van der Waals surface area contributed by atoms with Gasteiger partial charge in [-0.25, -0.2) is 9.59 Å². The van der Waals surface area contributed by atoms with Crippen molar-refractivity contribution in [3.8, 4) is 0 Å². The summed E-state index contributed by atoms with van der Waals surface area (Å²) in [5, 5.41) is 8.97. The standard InChI is InChI=1S/C13H22N2O6/c1-4-9(2)15(7-11(16)17)13(19)14-5-6-21-8-10(14)12(18)20-3/h9-10H,4-8H2,1-3H3,(H,16,17). The molecule has 21 heavy (non-hydrogen) atoms. The van der Waals surface area contributed by atoms with Crippen molar-refractivity contribution in [2.24, 2.45) is 0 Å². The molecule has 1 aliphatic heterocycles. The lowest BCUT2D eigenvalue weighted by Gasteiger charge is -2.38. The monoisotopic (exact) mass is 302 g/mol. The van der Waals surface area contributed by atoms with Crippen molar-refractivity contribution in [1.82, 2.24) is 9.80 Å². The first kappa shape index (κ1) is 17.2. The fourth-order valence-electron chi connectivity index (χ4n) is 2.11. The van der Waals surface area contributed by atoms with E-state index in [1.54, 1.807) is 6.92 Å². The van der Waals surface area contributed by atoms with Crippen LogP contribution in [0.25, 0.3) is 0 Å². The van der Waals surface area contributed by atoms with Crippen LogP contribution in [0.2, 0.25) is 0 Å². The highest BCUT2D eigenvalue weighted by molar-refractivity contribution is 5.86. The third kappa shape index (κ3) is 4.32. The second-order valence-electron chi connectivity index (χ2n) is 4.87. The number of urea groups is 1. The molecular formula is C13H22N2O6. The summed E-state index contributed by atoms with van der Waals surface area (Å²) >= 11 is 0. The lowest BCUT2D eigenvalue weighted by molar-refractivity contribution is -0.151. The van der Waals surface area contributed by atoms with Gasteiger partial charge >= 0.3 is 18.0 Å². The van der Waals surface area contributed by atoms with Gasteiger partial charge in [0.1, 0.15) is 6.54 Å². The lowest BCUT2D eigenvalue weighted by atomic mass is 10.2. The van der Waals surface area contributed by atoms with Crippen molar-refractivity contribution in [1.29, 1.82) is 0 Å². The zero-order valence-electron chi connectivity index (χ0n) is 12.6. The molecule has 1 rings (SSSR count). The first-order valence-corrected chi connectivity index (χ1v) is 6.86. The van der Waals surface area contributed by atoms with E-state index in [4.69, 9.17) is 9.84 Å². The predicted molar refractivity (Wildman–Crippen MR) is 72.8 cm³/mol. The maximum Gasteiger partial charge on any atom is 0.331 e. The molecule has 0 aliphatic carbocycles. The van der Waals surface area contributed by atoms with Crippen molar-refractivity contribution >= 4 is 18.0 Å². The minimum Gasteiger partial charge on any atom is -0.480 e. The summed E-state index contributed by atoms with van der Waals surface area (Å²) < 4.78 is 9.87. The molecular weight excluding hydrogens is 280 g/mol. The smallest absolute Gasteiger partial charge is 0.331 e. The van der Waals surface area contributed by atoms with Crippen molar-refractivity contribution in [2.45, 2.75) is 32.4 Å². The zero-order chi connectivity index (χ0) is 16.0. The Bertz CT molecular complexity index is 400. The Morgan fingerprint density at radius 2 is 2.14 bits per heavy atom. The number of nitrogens with zero attached hydrogens (tertiary/aromatic N) is 2. The topological polar surface area (TPSA) is 96.4 Å². The molecule has 0 saturated carbocycles. The SMILES string of the molecule is CCC(C)N(CC(=O)O)C(=O)N1CCOCC1C(=O)OC. The van der Waals surface area contributed by atoms with Crippen LogP contribution in [-0.4, -0.2) is 78.4 Å². The lowest BCUT2D eigenvalue weighted by Crippen LogP contribution is -2.58. The molecule has 0 bridgehead atoms. The van der Waals surface area contributed by atoms with E-state index in [0.717, 1.165) is 0 Å². The third-order valence-electron chi connectivity index (χ3n) is 3.52. The predicted octanol–water partition coefficient (Wildman–Crippen LogP) is 0.165. The largest absolute Gasteiger partial charge is 0.480 e. The summed E-state index contributed by atoms with van der Waals surface area (Å²) in [5.41, 5.74) is 0. The highest BCUT2D eigenvalue weighted by atomic mass is 16.5. The Kier molecular flexibility index (Phi) is 6.41. The normalized spacial score (nSPS) is 19.8. The Balaban J connectivity index is 2.93. The summed E-state index contributed by atoms with van der Waals surface area (Å²) in [6, 6.07) is -1.56. The summed E-state index contributed by atoms with van der Waals surface area (Å²) in [6.07, 6.45) is 0.617. The number of methoxy groups -OCH3 is 1. The van der Waals surface area contributed by atoms with Crippen LogP contribution in [0.4, 0.5) is 4.79 Å². The fourth-order valence-corrected chi connectivity index (χ4v) is 2.11. The molecule has 120 valence electrons. The molecule has 0 aromatic carbocycles. The van der Waals surface area contributed by atoms with Gasteiger partial charge in [-0.2, -0.15) is 0 Å². The van der Waals surface area contributed by atoms with Gasteiger partial charge in [0.25, 0.3) is 0 Å². The molecule has 1 heterocycles. The van der Waals surface area contributed by atoms with E-state index in [2.05, 4.69) is 4.74 Å². The van der Waals surface area contributed by atoms with E-state index in [1.807, 2.05) is 6.92 Å². The van der Waals surface area contributed by atoms with E-state index < -0.39 is 30.6 Å². The quantitative estimate of drug-likeness (QED) is 0.727. The average Bonchev–Trinajstić information content (AvgIpc) is 2.50. The summed E-state index contributed by atoms with van der Waals surface area (Å²) in [5.74, 6) is -1.66. The molecule has 1 aliphatic rings. The number of carbonyl (C=O) groups excluding carboxylic acids is 2. The van der Waals surface area contributed by atoms with E-state index in [0.29, 0.717) is 13.0 Å². The summed E-state index contributed by atoms with van der Waals surface area (Å²) in [6.45, 7) is 3.82. The number of carboxylic acids is 1. The minimum absolute atomic E-state index is 0.0554. The number of hydrogen-bond acceptors (Lipinski definition) is 5. The van der Waals surface area contributed by atoms with Crippen LogP contribution in [0.5, 0.6) is 0 Å². The Labute approximate surface area is 123 Å². The van der Waals surface area contributed by atoms with Crippen molar-refractivity contribution in [2.75, 3.05) is 33.4 Å². The van der Waals surface area contributed by atoms with Gasteiger partial charge in [0.2, 0.25) is 0 Å². The number of carboxylic acid groups (broad SMARTS) is 1. The fraction of sp³-hybridized carbons (Fsp3) is 0.769. The molecule has 1 N–H and O–H groups in total. The number of morpholine rings is 1. The minimum atomic E-state index is -1.09. The Morgan fingerprint density at radius 3 is 2.67 bits per heavy atom. The van der Waals surface area contributed by atoms with Gasteiger partial charge in [-0.15, -0.1) is 0 Å². The van der Waals surface area contributed by atoms with Crippen LogP contribution in [0.3, 0.4) is 0 Å². The Morgan fingerprint density at radius 1 is 1.48 bits per heavy atom. The molecule has 0 spiro atoms. The summed E-state index contributed by atoms with van der Waals surface area (Å²) in [7, 11) is 1.24. The number of ether oxygens (including phenoxy) is 2. The second-order valence-corrected chi connectivity index (χ2v) is 4.87. The maximum atomic E-state index is 12.6. The van der Waals surface area contributed by atoms with Crippen LogP contribution in [0.15, 0.2) is 0 Å². The molecule has 1 saturated heterocycles. The first-order chi connectivity index (χ1) is 9.92. The van der Waals surface area contributed by atoms with Crippen LogP contribution in [0, 0.1) is 0 Å². The van der Waals surface area contributed by atoms with Gasteiger partial charge < -0.3 is 24.4 Å². The third-order valence-corrected chi connectivity index (χ3v) is 3.52. The first-order valence-electron chi connectivity index (χ1n) is 6.86. The number of carbonyl (C=O) groups is 3. The van der Waals surface area contributed by atoms with Crippen molar-refractivity contribution < 1.29 is 29.0 Å². The number of aliphatic carboxylic acids is 1. The number of hydrogen-bond donors (Lipinski definition) is 1. The van der Waals surface area contributed by atoms with Crippen molar-refractivity contribution in [3.05, 3.63) is 0 Å². The molecule has 2 amide bonds. The average molecular weight is 302 g/mol. The molecule has 0 aromatic heterocycles. The number of rotatable bonds is 5. The van der Waals surface area contributed by atoms with Crippen LogP contribution in [-0.2, 0) is 19.1 Å². The Hall–Kier alpha value is -1.83. The van der Waals surface area contributed by atoms with Crippen molar-refractivity contribution in [3.63, 3.8) is 0 Å². The van der Waals surface area contributed by atoms with Gasteiger partial charge in [0.05, 0.1) is 20.3 Å². The van der Waals surface area contributed by atoms with Gasteiger partial charge in [0.15, 0.2) is 6.04 Å². The van der Waals surface area contributed by atoms with Crippen LogP contribution in [0.1, 0.15) is 20.3 Å². The second kappa shape index (κ2) is 7.82. The van der Waals surface area contributed by atoms with E-state index in [1.165, 1.54) is 16.9 Å². The molecule has 2 atom stereocenters. The molecule has 2 unspecified atom stereocenters. The van der Waals surface area contributed by atoms with Crippen LogP contribution >= 0.6 is 0 Å². The number of esters is 1. The molecule has 0 aromatic rings. The van der Waals surface area contributed by atoms with E-state index in [9.17, 15) is 14.4 Å². The van der Waals surface area contributed by atoms with Gasteiger partial charge in [-0.3, -0.25) is 4.79 Å². The maximum absolute atomic E-state index is 12.6. The zero-order valence-corrected chi connectivity index (χ0v) is 12.6. The molecule has 8 nitrogen and oxygen atoms in total. The molecule has 8 heteroatoms. The molecule has 0 radical (unpaired) electrons. The van der Waals surface area contributed by atoms with E-state index in [-0.39, 0.29) is 19.2 Å². The van der Waals surface area contributed by atoms with E-state index >= 15 is 0 Å². The van der Waals surface area contributed by atoms with Crippen LogP contribution < -0.4 is 0 Å². The van der Waals surface area contributed by atoms with Gasteiger partial charge in [0, 0.05) is 12.6 Å². The van der Waals surface area contributed by atoms with Gasteiger partial charge in [-0.1, -0.05) is 6.92 Å². The van der Waals surface area contributed by atoms with Gasteiger partial charge in [-0.05, 0) is 13.3 Å². The summed E-state index contributed by atoms with van der Waals surface area (Å²) in [4.78, 5) is 37.9.